The minimum atomic E-state index is -4.70. The number of benzene rings is 1. The van der Waals surface area contributed by atoms with Gasteiger partial charge in [-0.15, -0.1) is 18.8 Å². The zero-order valence-electron chi connectivity index (χ0n) is 7.94. The third kappa shape index (κ3) is 3.31. The fourth-order valence-electron chi connectivity index (χ4n) is 1.03. The number of alkyl halides is 3. The summed E-state index contributed by atoms with van der Waals surface area (Å²) in [7, 11) is 0. The number of halogens is 5. The van der Waals surface area contributed by atoms with E-state index in [1.165, 1.54) is 6.07 Å². The summed E-state index contributed by atoms with van der Waals surface area (Å²) in [6.07, 6.45) is 0.197. The van der Waals surface area contributed by atoms with Crippen LogP contribution < -0.4 is 5.32 Å². The van der Waals surface area contributed by atoms with E-state index in [9.17, 15) is 17.6 Å². The van der Waals surface area contributed by atoms with Gasteiger partial charge in [0.2, 0.25) is 0 Å². The van der Waals surface area contributed by atoms with Crippen molar-refractivity contribution in [1.82, 2.24) is 0 Å². The number of hydrogen-bond donors (Lipinski definition) is 1. The molecule has 1 rings (SSSR count). The van der Waals surface area contributed by atoms with Gasteiger partial charge in [0.15, 0.2) is 5.82 Å². The van der Waals surface area contributed by atoms with Crippen LogP contribution in [0.4, 0.5) is 23.2 Å². The van der Waals surface area contributed by atoms with E-state index < -0.39 is 17.6 Å². The first-order valence-corrected chi connectivity index (χ1v) is 4.00. The van der Waals surface area contributed by atoms with Crippen LogP contribution in [0.5, 0.6) is 0 Å². The summed E-state index contributed by atoms with van der Waals surface area (Å²) in [6, 6.07) is 2.99. The summed E-state index contributed by atoms with van der Waals surface area (Å²) in [4.78, 5) is 0. The van der Waals surface area contributed by atoms with Crippen LogP contribution >= 0.6 is 12.4 Å². The van der Waals surface area contributed by atoms with Gasteiger partial charge >= 0.3 is 6.18 Å². The number of anilines is 1. The molecule has 0 saturated heterocycles. The Bertz CT molecular complexity index is 395. The molecule has 1 aromatic carbocycles. The Kier molecular flexibility index (Phi) is 5.12. The third-order valence-electron chi connectivity index (χ3n) is 1.69. The van der Waals surface area contributed by atoms with Crippen LogP contribution in [0.25, 0.3) is 0 Å². The lowest BCUT2D eigenvalue weighted by Gasteiger charge is -2.11. The molecule has 1 N–H and O–H groups in total. The summed E-state index contributed by atoms with van der Waals surface area (Å²) in [6.45, 7) is -0.0295. The van der Waals surface area contributed by atoms with E-state index in [1.807, 2.05) is 0 Å². The average molecular weight is 254 g/mol. The second-order valence-corrected chi connectivity index (χ2v) is 2.72. The van der Waals surface area contributed by atoms with Crippen molar-refractivity contribution in [3.8, 4) is 12.3 Å². The van der Waals surface area contributed by atoms with Crippen molar-refractivity contribution in [3.63, 3.8) is 0 Å². The zero-order valence-corrected chi connectivity index (χ0v) is 8.75. The van der Waals surface area contributed by atoms with E-state index in [-0.39, 0.29) is 24.6 Å². The summed E-state index contributed by atoms with van der Waals surface area (Å²) in [5.41, 5.74) is -1.55. The van der Waals surface area contributed by atoms with E-state index in [4.69, 9.17) is 6.42 Å². The predicted octanol–water partition coefficient (Wildman–Crippen LogP) is 3.31. The highest BCUT2D eigenvalue weighted by atomic mass is 35.5. The molecule has 0 aliphatic carbocycles. The van der Waals surface area contributed by atoms with Crippen LogP contribution in [0.1, 0.15) is 5.56 Å². The van der Waals surface area contributed by atoms with Crippen molar-refractivity contribution in [2.45, 2.75) is 6.18 Å². The molecule has 0 aliphatic rings. The van der Waals surface area contributed by atoms with Crippen molar-refractivity contribution >= 4 is 18.1 Å². The topological polar surface area (TPSA) is 12.0 Å². The van der Waals surface area contributed by atoms with Crippen LogP contribution in [0.3, 0.4) is 0 Å². The number of rotatable bonds is 2. The molecular formula is C10H8ClF4N. The van der Waals surface area contributed by atoms with Gasteiger partial charge in [-0.05, 0) is 12.1 Å². The van der Waals surface area contributed by atoms with Gasteiger partial charge in [0.05, 0.1) is 17.8 Å². The van der Waals surface area contributed by atoms with Gasteiger partial charge in [0, 0.05) is 0 Å². The molecule has 88 valence electrons. The molecule has 0 unspecified atom stereocenters. The van der Waals surface area contributed by atoms with Gasteiger partial charge in [-0.1, -0.05) is 12.0 Å². The number of hydrogen-bond acceptors (Lipinski definition) is 1. The number of nitrogens with one attached hydrogen (secondary N) is 1. The van der Waals surface area contributed by atoms with E-state index in [0.717, 1.165) is 6.07 Å². The van der Waals surface area contributed by atoms with Gasteiger partial charge in [-0.2, -0.15) is 13.2 Å². The molecule has 1 nitrogen and oxygen atoms in total. The molecule has 0 heterocycles. The molecule has 16 heavy (non-hydrogen) atoms. The minimum absolute atomic E-state index is 0. The van der Waals surface area contributed by atoms with Crippen molar-refractivity contribution < 1.29 is 17.6 Å². The Morgan fingerprint density at radius 3 is 2.44 bits per heavy atom. The predicted molar refractivity (Wildman–Crippen MR) is 56.0 cm³/mol. The largest absolute Gasteiger partial charge is 0.419 e. The lowest BCUT2D eigenvalue weighted by molar-refractivity contribution is -0.139. The standard InChI is InChI=1S/C10H7F4N.ClH/c1-2-6-15-8-5-3-4-7(9(8)11)10(12,13)14;/h1,3-5,15H,6H2;1H. The lowest BCUT2D eigenvalue weighted by Crippen LogP contribution is -2.10. The van der Waals surface area contributed by atoms with Crippen LogP contribution in [0, 0.1) is 18.2 Å². The summed E-state index contributed by atoms with van der Waals surface area (Å²) in [5.74, 6) is 0.809. The Balaban J connectivity index is 0.00000225. The summed E-state index contributed by atoms with van der Waals surface area (Å²) in [5, 5.41) is 2.36. The van der Waals surface area contributed by atoms with Gasteiger partial charge in [0.1, 0.15) is 0 Å². The Morgan fingerprint density at radius 2 is 1.94 bits per heavy atom. The molecule has 0 aliphatic heterocycles. The highest BCUT2D eigenvalue weighted by Crippen LogP contribution is 2.33. The van der Waals surface area contributed by atoms with Crippen LogP contribution in [0.2, 0.25) is 0 Å². The van der Waals surface area contributed by atoms with Gasteiger partial charge < -0.3 is 5.32 Å². The molecule has 0 fully saturated rings. The molecule has 0 bridgehead atoms. The minimum Gasteiger partial charge on any atom is -0.372 e. The number of terminal acetylenes is 1. The zero-order chi connectivity index (χ0) is 11.5. The second-order valence-electron chi connectivity index (χ2n) is 2.72. The molecule has 0 spiro atoms. The van der Waals surface area contributed by atoms with Crippen molar-refractivity contribution in [1.29, 1.82) is 0 Å². The third-order valence-corrected chi connectivity index (χ3v) is 1.69. The van der Waals surface area contributed by atoms with Crippen LogP contribution in [0.15, 0.2) is 18.2 Å². The Labute approximate surface area is 96.3 Å². The fourth-order valence-corrected chi connectivity index (χ4v) is 1.03. The molecule has 0 aromatic heterocycles. The maximum absolute atomic E-state index is 13.2. The first-order chi connectivity index (χ1) is 6.96. The van der Waals surface area contributed by atoms with Crippen molar-refractivity contribution in [2.75, 3.05) is 11.9 Å². The SMILES string of the molecule is C#CCNc1cccc(C(F)(F)F)c1F.Cl. The first-order valence-electron chi connectivity index (χ1n) is 4.00. The smallest absolute Gasteiger partial charge is 0.372 e. The van der Waals surface area contributed by atoms with Crippen LogP contribution in [-0.4, -0.2) is 6.54 Å². The van der Waals surface area contributed by atoms with E-state index in [0.29, 0.717) is 6.07 Å². The van der Waals surface area contributed by atoms with Gasteiger partial charge in [0.25, 0.3) is 0 Å². The average Bonchev–Trinajstić information content (AvgIpc) is 2.14. The first kappa shape index (κ1) is 14.6. The molecule has 0 amide bonds. The molecule has 0 atom stereocenters. The molecule has 6 heteroatoms. The Hall–Kier alpha value is -1.41. The second kappa shape index (κ2) is 5.61. The maximum Gasteiger partial charge on any atom is 0.419 e. The van der Waals surface area contributed by atoms with E-state index >= 15 is 0 Å². The highest BCUT2D eigenvalue weighted by molar-refractivity contribution is 5.85. The monoisotopic (exact) mass is 253 g/mol. The lowest BCUT2D eigenvalue weighted by atomic mass is 10.2. The van der Waals surface area contributed by atoms with Gasteiger partial charge in [-0.3, -0.25) is 0 Å². The highest BCUT2D eigenvalue weighted by Gasteiger charge is 2.34. The quantitative estimate of drug-likeness (QED) is 0.630. The molecular weight excluding hydrogens is 246 g/mol. The summed E-state index contributed by atoms with van der Waals surface area (Å²) >= 11 is 0. The summed E-state index contributed by atoms with van der Waals surface area (Å²) < 4.78 is 50.0. The van der Waals surface area contributed by atoms with Crippen molar-refractivity contribution in [3.05, 3.63) is 29.6 Å². The molecule has 0 saturated carbocycles. The Morgan fingerprint density at radius 1 is 1.31 bits per heavy atom. The maximum atomic E-state index is 13.2. The van der Waals surface area contributed by atoms with Gasteiger partial charge in [-0.25, -0.2) is 4.39 Å². The van der Waals surface area contributed by atoms with E-state index in [1.54, 1.807) is 0 Å². The van der Waals surface area contributed by atoms with E-state index in [2.05, 4.69) is 11.2 Å². The molecule has 1 aromatic rings. The normalized spacial score (nSPS) is 10.2. The molecule has 0 radical (unpaired) electrons. The van der Waals surface area contributed by atoms with Crippen LogP contribution in [-0.2, 0) is 6.18 Å². The fraction of sp³-hybridized carbons (Fsp3) is 0.200. The van der Waals surface area contributed by atoms with Crippen molar-refractivity contribution in [2.24, 2.45) is 0 Å².